The van der Waals surface area contributed by atoms with Crippen LogP contribution in [0.25, 0.3) is 0 Å². The third kappa shape index (κ3) is 1.95. The molecule has 14 heavy (non-hydrogen) atoms. The second-order valence-corrected chi connectivity index (χ2v) is 4.44. The van der Waals surface area contributed by atoms with Gasteiger partial charge in [-0.1, -0.05) is 12.8 Å². The molecule has 1 heterocycles. The largest absolute Gasteiger partial charge is 0.380 e. The molecule has 1 aliphatic carbocycles. The van der Waals surface area contributed by atoms with Gasteiger partial charge in [-0.2, -0.15) is 0 Å². The molecule has 0 aromatic rings. The fourth-order valence-electron chi connectivity index (χ4n) is 2.66. The minimum atomic E-state index is 0.460. The van der Waals surface area contributed by atoms with Crippen molar-refractivity contribution in [1.82, 2.24) is 4.90 Å². The summed E-state index contributed by atoms with van der Waals surface area (Å²) in [7, 11) is 3.65. The van der Waals surface area contributed by atoms with E-state index in [2.05, 4.69) is 4.90 Å². The Morgan fingerprint density at radius 1 is 1.00 bits per heavy atom. The molecule has 3 heteroatoms. The van der Waals surface area contributed by atoms with Crippen molar-refractivity contribution in [2.45, 2.75) is 43.9 Å². The van der Waals surface area contributed by atoms with Crippen molar-refractivity contribution >= 4 is 0 Å². The Morgan fingerprint density at radius 3 is 2.36 bits per heavy atom. The molecule has 0 bridgehead atoms. The van der Waals surface area contributed by atoms with Crippen molar-refractivity contribution in [3.8, 4) is 0 Å². The van der Waals surface area contributed by atoms with E-state index in [-0.39, 0.29) is 0 Å². The molecule has 1 saturated heterocycles. The normalized spacial score (nSPS) is 35.6. The molecule has 0 aromatic carbocycles. The monoisotopic (exact) mass is 199 g/mol. The van der Waals surface area contributed by atoms with Crippen LogP contribution in [0.15, 0.2) is 0 Å². The molecule has 82 valence electrons. The maximum absolute atomic E-state index is 5.55. The molecule has 2 rings (SSSR count). The van der Waals surface area contributed by atoms with Crippen LogP contribution in [0.5, 0.6) is 0 Å². The van der Waals surface area contributed by atoms with E-state index in [0.717, 1.165) is 13.1 Å². The molecule has 2 unspecified atom stereocenters. The molecule has 0 amide bonds. The first-order chi connectivity index (χ1) is 6.85. The van der Waals surface area contributed by atoms with Gasteiger partial charge in [0.05, 0.1) is 12.2 Å². The number of ether oxygens (including phenoxy) is 2. The van der Waals surface area contributed by atoms with Crippen molar-refractivity contribution in [2.75, 3.05) is 27.3 Å². The fourth-order valence-corrected chi connectivity index (χ4v) is 2.66. The Hall–Kier alpha value is -0.120. The summed E-state index contributed by atoms with van der Waals surface area (Å²) in [5.74, 6) is 0. The molecule has 0 N–H and O–H groups in total. The molecule has 0 aromatic heterocycles. The number of nitrogens with zero attached hydrogens (tertiary/aromatic N) is 1. The van der Waals surface area contributed by atoms with Crippen LogP contribution in [0.2, 0.25) is 0 Å². The highest BCUT2D eigenvalue weighted by molar-refractivity contribution is 4.91. The molecule has 0 radical (unpaired) electrons. The first-order valence-corrected chi connectivity index (χ1v) is 5.64. The van der Waals surface area contributed by atoms with E-state index in [1.165, 1.54) is 25.7 Å². The minimum absolute atomic E-state index is 0.460. The van der Waals surface area contributed by atoms with Gasteiger partial charge < -0.3 is 9.47 Å². The van der Waals surface area contributed by atoms with Gasteiger partial charge in [-0.25, -0.2) is 0 Å². The minimum Gasteiger partial charge on any atom is -0.380 e. The van der Waals surface area contributed by atoms with Crippen LogP contribution < -0.4 is 0 Å². The standard InChI is InChI=1S/C11H21NO2/c1-13-9-7-12(8-9)10-5-3-4-6-11(10)14-2/h9-11H,3-8H2,1-2H3. The molecule has 2 fully saturated rings. The summed E-state index contributed by atoms with van der Waals surface area (Å²) in [5.41, 5.74) is 0. The second-order valence-electron chi connectivity index (χ2n) is 4.44. The summed E-state index contributed by atoms with van der Waals surface area (Å²) in [4.78, 5) is 2.52. The Bertz CT molecular complexity index is 180. The highest BCUT2D eigenvalue weighted by Crippen LogP contribution is 2.28. The highest BCUT2D eigenvalue weighted by atomic mass is 16.5. The van der Waals surface area contributed by atoms with Crippen LogP contribution in [0.3, 0.4) is 0 Å². The highest BCUT2D eigenvalue weighted by Gasteiger charge is 2.37. The number of hydrogen-bond acceptors (Lipinski definition) is 3. The average Bonchev–Trinajstić information content (AvgIpc) is 2.17. The van der Waals surface area contributed by atoms with E-state index in [4.69, 9.17) is 9.47 Å². The molecule has 1 saturated carbocycles. The predicted molar refractivity (Wildman–Crippen MR) is 55.4 cm³/mol. The molecule has 2 aliphatic rings. The van der Waals surface area contributed by atoms with Gasteiger partial charge in [-0.15, -0.1) is 0 Å². The van der Waals surface area contributed by atoms with Crippen LogP contribution in [0.1, 0.15) is 25.7 Å². The lowest BCUT2D eigenvalue weighted by atomic mass is 9.89. The first kappa shape index (κ1) is 10.4. The van der Waals surface area contributed by atoms with Crippen LogP contribution in [-0.2, 0) is 9.47 Å². The van der Waals surface area contributed by atoms with E-state index >= 15 is 0 Å². The van der Waals surface area contributed by atoms with Gasteiger partial charge in [-0.05, 0) is 12.8 Å². The first-order valence-electron chi connectivity index (χ1n) is 5.64. The lowest BCUT2D eigenvalue weighted by Crippen LogP contribution is -2.60. The van der Waals surface area contributed by atoms with Crippen LogP contribution >= 0.6 is 0 Å². The van der Waals surface area contributed by atoms with Gasteiger partial charge in [0, 0.05) is 33.4 Å². The molecule has 2 atom stereocenters. The summed E-state index contributed by atoms with van der Waals surface area (Å²) in [5, 5.41) is 0. The number of rotatable bonds is 3. The Balaban J connectivity index is 1.83. The van der Waals surface area contributed by atoms with Crippen LogP contribution in [-0.4, -0.2) is 50.5 Å². The van der Waals surface area contributed by atoms with Gasteiger partial charge >= 0.3 is 0 Å². The van der Waals surface area contributed by atoms with Gasteiger partial charge in [-0.3, -0.25) is 4.90 Å². The smallest absolute Gasteiger partial charge is 0.0825 e. The van der Waals surface area contributed by atoms with Crippen molar-refractivity contribution in [2.24, 2.45) is 0 Å². The van der Waals surface area contributed by atoms with E-state index in [1.807, 2.05) is 7.11 Å². The Morgan fingerprint density at radius 2 is 1.71 bits per heavy atom. The topological polar surface area (TPSA) is 21.7 Å². The summed E-state index contributed by atoms with van der Waals surface area (Å²) in [6.45, 7) is 2.20. The molecular formula is C11H21NO2. The maximum Gasteiger partial charge on any atom is 0.0825 e. The Kier molecular flexibility index (Phi) is 3.42. The second kappa shape index (κ2) is 4.60. The zero-order chi connectivity index (χ0) is 9.97. The van der Waals surface area contributed by atoms with Gasteiger partial charge in [0.15, 0.2) is 0 Å². The van der Waals surface area contributed by atoms with E-state index in [1.54, 1.807) is 7.11 Å². The number of methoxy groups -OCH3 is 2. The average molecular weight is 199 g/mol. The Labute approximate surface area is 86.4 Å². The summed E-state index contributed by atoms with van der Waals surface area (Å²) in [6.07, 6.45) is 6.15. The number of hydrogen-bond donors (Lipinski definition) is 0. The molecule has 0 spiro atoms. The maximum atomic E-state index is 5.55. The third-order valence-electron chi connectivity index (χ3n) is 3.65. The van der Waals surface area contributed by atoms with Crippen LogP contribution in [0, 0.1) is 0 Å². The SMILES string of the molecule is COC1CN(C2CCCCC2OC)C1. The molecule has 3 nitrogen and oxygen atoms in total. The van der Waals surface area contributed by atoms with Crippen molar-refractivity contribution in [3.05, 3.63) is 0 Å². The fraction of sp³-hybridized carbons (Fsp3) is 1.00. The van der Waals surface area contributed by atoms with E-state index < -0.39 is 0 Å². The van der Waals surface area contributed by atoms with Crippen LogP contribution in [0.4, 0.5) is 0 Å². The van der Waals surface area contributed by atoms with Gasteiger partial charge in [0.2, 0.25) is 0 Å². The lowest BCUT2D eigenvalue weighted by Gasteiger charge is -2.47. The van der Waals surface area contributed by atoms with Gasteiger partial charge in [0.1, 0.15) is 0 Å². The van der Waals surface area contributed by atoms with E-state index in [9.17, 15) is 0 Å². The quantitative estimate of drug-likeness (QED) is 0.683. The summed E-state index contributed by atoms with van der Waals surface area (Å²) < 4.78 is 10.8. The molecule has 1 aliphatic heterocycles. The van der Waals surface area contributed by atoms with Crippen molar-refractivity contribution < 1.29 is 9.47 Å². The molecular weight excluding hydrogens is 178 g/mol. The zero-order valence-corrected chi connectivity index (χ0v) is 9.24. The predicted octanol–water partition coefficient (Wildman–Crippen LogP) is 1.27. The third-order valence-corrected chi connectivity index (χ3v) is 3.65. The lowest BCUT2D eigenvalue weighted by molar-refractivity contribution is -0.0956. The van der Waals surface area contributed by atoms with E-state index in [0.29, 0.717) is 18.2 Å². The zero-order valence-electron chi connectivity index (χ0n) is 9.24. The number of likely N-dealkylation sites (tertiary alicyclic amines) is 1. The van der Waals surface area contributed by atoms with Gasteiger partial charge in [0.25, 0.3) is 0 Å². The van der Waals surface area contributed by atoms with Crippen molar-refractivity contribution in [3.63, 3.8) is 0 Å². The summed E-state index contributed by atoms with van der Waals surface area (Å²) in [6, 6.07) is 0.653. The summed E-state index contributed by atoms with van der Waals surface area (Å²) >= 11 is 0. The van der Waals surface area contributed by atoms with Crippen molar-refractivity contribution in [1.29, 1.82) is 0 Å².